The van der Waals surface area contributed by atoms with E-state index in [1.165, 1.54) is 0 Å². The highest BCUT2D eigenvalue weighted by atomic mass is 32.1. The fourth-order valence-corrected chi connectivity index (χ4v) is 3.73. The van der Waals surface area contributed by atoms with Gasteiger partial charge in [0.2, 0.25) is 5.78 Å². The van der Waals surface area contributed by atoms with E-state index in [2.05, 4.69) is 0 Å². The Kier molecular flexibility index (Phi) is 4.76. The lowest BCUT2D eigenvalue weighted by Gasteiger charge is -2.07. The maximum atomic E-state index is 12.2. The molecule has 0 atom stereocenters. The van der Waals surface area contributed by atoms with Crippen molar-refractivity contribution in [1.82, 2.24) is 0 Å². The number of carbonyl (C=O) groups is 2. The van der Waals surface area contributed by atoms with E-state index < -0.39 is 0 Å². The van der Waals surface area contributed by atoms with Crippen LogP contribution in [0.3, 0.4) is 0 Å². The zero-order chi connectivity index (χ0) is 17.1. The van der Waals surface area contributed by atoms with Crippen LogP contribution in [0.2, 0.25) is 0 Å². The van der Waals surface area contributed by atoms with Crippen molar-refractivity contribution in [3.8, 4) is 0 Å². The minimum Gasteiger partial charge on any atom is -0.457 e. The molecule has 3 aromatic rings. The molecule has 0 bridgehead atoms. The molecule has 0 aliphatic heterocycles. The third-order valence-corrected chi connectivity index (χ3v) is 4.89. The highest BCUT2D eigenvalue weighted by Crippen LogP contribution is 2.21. The van der Waals surface area contributed by atoms with E-state index in [1.807, 2.05) is 62.4 Å². The number of fused-ring (bicyclic) bond motifs is 1. The summed E-state index contributed by atoms with van der Waals surface area (Å²) >= 11 is 1.57. The molecule has 0 saturated heterocycles. The summed E-state index contributed by atoms with van der Waals surface area (Å²) in [7, 11) is 0. The van der Waals surface area contributed by atoms with Gasteiger partial charge in [0.15, 0.2) is 6.61 Å². The van der Waals surface area contributed by atoms with Crippen molar-refractivity contribution in [1.29, 1.82) is 0 Å². The van der Waals surface area contributed by atoms with Crippen LogP contribution in [-0.4, -0.2) is 18.4 Å². The highest BCUT2D eigenvalue weighted by molar-refractivity contribution is 7.12. The normalized spacial score (nSPS) is 10.8. The van der Waals surface area contributed by atoms with Crippen LogP contribution >= 0.6 is 11.3 Å². The number of Topliss-reactive ketones (excluding diaryl/α,β-unsaturated/α-hetero) is 1. The monoisotopic (exact) mass is 338 g/mol. The minimum atomic E-state index is -0.385. The van der Waals surface area contributed by atoms with Crippen molar-refractivity contribution in [2.75, 3.05) is 6.61 Å². The molecule has 0 fully saturated rings. The fraction of sp³-hybridized carbons (Fsp3) is 0.200. The molecule has 1 heterocycles. The third kappa shape index (κ3) is 3.54. The Labute approximate surface area is 144 Å². The van der Waals surface area contributed by atoms with Gasteiger partial charge in [-0.25, -0.2) is 0 Å². The molecule has 2 aromatic carbocycles. The van der Waals surface area contributed by atoms with Gasteiger partial charge in [-0.15, -0.1) is 11.3 Å². The molecule has 0 saturated carbocycles. The van der Waals surface area contributed by atoms with Crippen LogP contribution in [-0.2, 0) is 16.0 Å². The van der Waals surface area contributed by atoms with E-state index >= 15 is 0 Å². The first-order valence-corrected chi connectivity index (χ1v) is 8.59. The summed E-state index contributed by atoms with van der Waals surface area (Å²) in [6.45, 7) is 3.66. The van der Waals surface area contributed by atoms with Crippen molar-refractivity contribution in [3.05, 3.63) is 69.4 Å². The van der Waals surface area contributed by atoms with Crippen LogP contribution in [0, 0.1) is 13.8 Å². The predicted molar refractivity (Wildman–Crippen MR) is 96.7 cm³/mol. The van der Waals surface area contributed by atoms with E-state index in [4.69, 9.17) is 4.74 Å². The summed E-state index contributed by atoms with van der Waals surface area (Å²) in [5.41, 5.74) is 1.56. The number of aryl methyl sites for hydroxylation is 2. The Morgan fingerprint density at radius 2 is 1.79 bits per heavy atom. The Morgan fingerprint density at radius 1 is 1.04 bits per heavy atom. The first-order chi connectivity index (χ1) is 11.5. The maximum absolute atomic E-state index is 12.2. The SMILES string of the molecule is Cc1cc(C(=O)COC(=O)Cc2cccc3ccccc23)c(C)s1. The van der Waals surface area contributed by atoms with Gasteiger partial charge in [-0.3, -0.25) is 9.59 Å². The van der Waals surface area contributed by atoms with E-state index in [-0.39, 0.29) is 24.8 Å². The lowest BCUT2D eigenvalue weighted by Crippen LogP contribution is -2.16. The van der Waals surface area contributed by atoms with Gasteiger partial charge in [-0.05, 0) is 36.2 Å². The number of ketones is 1. The van der Waals surface area contributed by atoms with Crippen LogP contribution in [0.1, 0.15) is 25.7 Å². The number of ether oxygens (including phenoxy) is 1. The van der Waals surface area contributed by atoms with Crippen LogP contribution in [0.15, 0.2) is 48.5 Å². The Morgan fingerprint density at radius 3 is 2.54 bits per heavy atom. The molecule has 4 heteroatoms. The Balaban J connectivity index is 1.65. The first kappa shape index (κ1) is 16.4. The topological polar surface area (TPSA) is 43.4 Å². The standard InChI is InChI=1S/C20H18O3S/c1-13-10-18(14(2)24-13)19(21)12-23-20(22)11-16-8-5-7-15-6-3-4-9-17(15)16/h3-10H,11-12H2,1-2H3. The maximum Gasteiger partial charge on any atom is 0.310 e. The van der Waals surface area contributed by atoms with Crippen molar-refractivity contribution in [3.63, 3.8) is 0 Å². The number of esters is 1. The Hall–Kier alpha value is -2.46. The molecule has 3 rings (SSSR count). The lowest BCUT2D eigenvalue weighted by atomic mass is 10.0. The van der Waals surface area contributed by atoms with Gasteiger partial charge in [0.1, 0.15) is 0 Å². The molecular weight excluding hydrogens is 320 g/mol. The molecule has 0 unspecified atom stereocenters. The number of benzene rings is 2. The number of thiophene rings is 1. The van der Waals surface area contributed by atoms with Gasteiger partial charge in [0.25, 0.3) is 0 Å². The van der Waals surface area contributed by atoms with Crippen LogP contribution in [0.5, 0.6) is 0 Å². The van der Waals surface area contributed by atoms with Crippen molar-refractivity contribution in [2.45, 2.75) is 20.3 Å². The summed E-state index contributed by atoms with van der Waals surface area (Å²) in [5.74, 6) is -0.535. The molecule has 0 aliphatic rings. The van der Waals surface area contributed by atoms with Crippen LogP contribution in [0.4, 0.5) is 0 Å². The molecule has 3 nitrogen and oxygen atoms in total. The predicted octanol–water partition coefficient (Wildman–Crippen LogP) is 4.49. The molecule has 24 heavy (non-hydrogen) atoms. The molecule has 0 aliphatic carbocycles. The number of hydrogen-bond donors (Lipinski definition) is 0. The second-order valence-electron chi connectivity index (χ2n) is 5.73. The molecule has 0 amide bonds. The number of hydrogen-bond acceptors (Lipinski definition) is 4. The van der Waals surface area contributed by atoms with Gasteiger partial charge in [0.05, 0.1) is 6.42 Å². The minimum absolute atomic E-state index is 0.150. The summed E-state index contributed by atoms with van der Waals surface area (Å²) < 4.78 is 5.19. The highest BCUT2D eigenvalue weighted by Gasteiger charge is 2.15. The Bertz CT molecular complexity index is 903. The largest absolute Gasteiger partial charge is 0.457 e. The summed E-state index contributed by atoms with van der Waals surface area (Å²) in [6.07, 6.45) is 0.163. The second-order valence-corrected chi connectivity index (χ2v) is 7.19. The van der Waals surface area contributed by atoms with Gasteiger partial charge in [-0.1, -0.05) is 42.5 Å². The van der Waals surface area contributed by atoms with Gasteiger partial charge >= 0.3 is 5.97 Å². The molecule has 1 aromatic heterocycles. The van der Waals surface area contributed by atoms with E-state index in [9.17, 15) is 9.59 Å². The summed E-state index contributed by atoms with van der Waals surface area (Å²) in [6, 6.07) is 15.6. The first-order valence-electron chi connectivity index (χ1n) is 7.77. The molecule has 0 radical (unpaired) electrons. The van der Waals surface area contributed by atoms with Crippen LogP contribution < -0.4 is 0 Å². The molecule has 0 spiro atoms. The molecule has 122 valence electrons. The van der Waals surface area contributed by atoms with Crippen molar-refractivity contribution >= 4 is 33.9 Å². The zero-order valence-corrected chi connectivity index (χ0v) is 14.5. The molecule has 0 N–H and O–H groups in total. The lowest BCUT2D eigenvalue weighted by molar-refractivity contribution is -0.141. The molecular formula is C20H18O3S. The van der Waals surface area contributed by atoms with E-state index in [0.717, 1.165) is 26.1 Å². The van der Waals surface area contributed by atoms with Gasteiger partial charge in [0, 0.05) is 15.3 Å². The second kappa shape index (κ2) is 6.97. The average Bonchev–Trinajstić information content (AvgIpc) is 2.91. The fourth-order valence-electron chi connectivity index (χ4n) is 2.78. The number of carbonyl (C=O) groups excluding carboxylic acids is 2. The van der Waals surface area contributed by atoms with Crippen molar-refractivity contribution in [2.24, 2.45) is 0 Å². The van der Waals surface area contributed by atoms with Crippen molar-refractivity contribution < 1.29 is 14.3 Å². The third-order valence-electron chi connectivity index (χ3n) is 3.92. The van der Waals surface area contributed by atoms with Crippen LogP contribution in [0.25, 0.3) is 10.8 Å². The smallest absolute Gasteiger partial charge is 0.310 e. The number of rotatable bonds is 5. The summed E-state index contributed by atoms with van der Waals surface area (Å²) in [5, 5.41) is 2.12. The quantitative estimate of drug-likeness (QED) is 0.509. The van der Waals surface area contributed by atoms with Gasteiger partial charge < -0.3 is 4.74 Å². The summed E-state index contributed by atoms with van der Waals surface area (Å²) in [4.78, 5) is 26.3. The van der Waals surface area contributed by atoms with E-state index in [1.54, 1.807) is 11.3 Å². The van der Waals surface area contributed by atoms with E-state index in [0.29, 0.717) is 5.56 Å². The van der Waals surface area contributed by atoms with Gasteiger partial charge in [-0.2, -0.15) is 0 Å². The average molecular weight is 338 g/mol. The zero-order valence-electron chi connectivity index (χ0n) is 13.7.